The molecule has 0 fully saturated rings. The van der Waals surface area contributed by atoms with E-state index in [0.29, 0.717) is 0 Å². The van der Waals surface area contributed by atoms with E-state index in [9.17, 15) is 0 Å². The monoisotopic (exact) mass is 680 g/mol. The van der Waals surface area contributed by atoms with E-state index in [2.05, 4.69) is 200 Å². The summed E-state index contributed by atoms with van der Waals surface area (Å²) in [6, 6.07) is 69.7. The van der Waals surface area contributed by atoms with Crippen LogP contribution in [0.25, 0.3) is 104 Å². The van der Waals surface area contributed by atoms with E-state index < -0.39 is 0 Å². The SMILES string of the molecule is [B]1c2ccccc2-c2cc(-c3ccc4c(c3)c3ccccc3n4-c3ccc4ccccc4c3)c3c(cc(-c4ccc5ccccc5c4)c4ccccc43)c21. The van der Waals surface area contributed by atoms with Crippen molar-refractivity contribution in [1.29, 1.82) is 0 Å². The highest BCUT2D eigenvalue weighted by Gasteiger charge is 2.26. The molecular formula is C52H31BN. The Balaban J connectivity index is 1.16. The molecule has 0 saturated heterocycles. The van der Waals surface area contributed by atoms with Gasteiger partial charge in [-0.15, -0.1) is 0 Å². The normalized spacial score (nSPS) is 12.2. The van der Waals surface area contributed by atoms with E-state index in [-0.39, 0.29) is 0 Å². The van der Waals surface area contributed by atoms with Crippen molar-refractivity contribution in [2.75, 3.05) is 0 Å². The van der Waals surface area contributed by atoms with Crippen molar-refractivity contribution in [2.24, 2.45) is 0 Å². The molecule has 2 heteroatoms. The van der Waals surface area contributed by atoms with Crippen molar-refractivity contribution in [3.63, 3.8) is 0 Å². The van der Waals surface area contributed by atoms with Crippen molar-refractivity contribution in [3.05, 3.63) is 188 Å². The highest BCUT2D eigenvalue weighted by atomic mass is 15.0. The van der Waals surface area contributed by atoms with Gasteiger partial charge in [0.05, 0.1) is 11.0 Å². The molecule has 1 nitrogen and oxygen atoms in total. The first kappa shape index (κ1) is 29.7. The molecule has 0 amide bonds. The van der Waals surface area contributed by atoms with Gasteiger partial charge in [-0.1, -0.05) is 150 Å². The Morgan fingerprint density at radius 3 is 1.81 bits per heavy atom. The lowest BCUT2D eigenvalue weighted by Crippen LogP contribution is -2.21. The number of rotatable bonds is 3. The van der Waals surface area contributed by atoms with Crippen LogP contribution >= 0.6 is 0 Å². The lowest BCUT2D eigenvalue weighted by atomic mass is 9.65. The maximum atomic E-state index is 2.47. The van der Waals surface area contributed by atoms with Gasteiger partial charge >= 0.3 is 0 Å². The smallest absolute Gasteiger partial charge is 0.193 e. The maximum Gasteiger partial charge on any atom is 0.193 e. The lowest BCUT2D eigenvalue weighted by Gasteiger charge is -2.19. The second-order valence-corrected chi connectivity index (χ2v) is 14.7. The van der Waals surface area contributed by atoms with Gasteiger partial charge in [0, 0.05) is 16.5 Å². The minimum absolute atomic E-state index is 1.18. The van der Waals surface area contributed by atoms with Crippen LogP contribution in [-0.4, -0.2) is 11.8 Å². The van der Waals surface area contributed by atoms with Gasteiger partial charge in [-0.25, -0.2) is 0 Å². The van der Waals surface area contributed by atoms with Crippen LogP contribution in [-0.2, 0) is 0 Å². The van der Waals surface area contributed by atoms with Gasteiger partial charge in [-0.05, 0) is 125 Å². The topological polar surface area (TPSA) is 4.93 Å². The summed E-state index contributed by atoms with van der Waals surface area (Å²) in [6.07, 6.45) is 0. The summed E-state index contributed by atoms with van der Waals surface area (Å²) in [7, 11) is 2.40. The Morgan fingerprint density at radius 2 is 0.963 bits per heavy atom. The molecule has 0 aliphatic carbocycles. The minimum Gasteiger partial charge on any atom is -0.309 e. The Kier molecular flexibility index (Phi) is 6.21. The van der Waals surface area contributed by atoms with Gasteiger partial charge in [0.15, 0.2) is 7.28 Å². The third-order valence-corrected chi connectivity index (χ3v) is 11.8. The zero-order chi connectivity index (χ0) is 35.3. The summed E-state index contributed by atoms with van der Waals surface area (Å²) in [5, 5.41) is 12.7. The average molecular weight is 681 g/mol. The van der Waals surface area contributed by atoms with E-state index in [4.69, 9.17) is 0 Å². The van der Waals surface area contributed by atoms with Gasteiger partial charge in [-0.3, -0.25) is 0 Å². The Bertz CT molecular complexity index is 3370. The maximum absolute atomic E-state index is 2.47. The minimum atomic E-state index is 1.18. The van der Waals surface area contributed by atoms with Crippen molar-refractivity contribution in [3.8, 4) is 39.1 Å². The fourth-order valence-electron chi connectivity index (χ4n) is 9.28. The second kappa shape index (κ2) is 11.3. The van der Waals surface area contributed by atoms with Crippen LogP contribution in [0.3, 0.4) is 0 Å². The summed E-state index contributed by atoms with van der Waals surface area (Å²) in [4.78, 5) is 0. The highest BCUT2D eigenvalue weighted by molar-refractivity contribution is 6.76. The molecule has 0 unspecified atom stereocenters. The first-order chi connectivity index (χ1) is 26.8. The molecule has 1 aliphatic heterocycles. The third-order valence-electron chi connectivity index (χ3n) is 11.8. The first-order valence-electron chi connectivity index (χ1n) is 18.8. The van der Waals surface area contributed by atoms with Crippen molar-refractivity contribution >= 4 is 83.1 Å². The van der Waals surface area contributed by atoms with Crippen molar-refractivity contribution in [1.82, 2.24) is 4.57 Å². The summed E-state index contributed by atoms with van der Waals surface area (Å²) in [5.41, 5.74) is 13.8. The van der Waals surface area contributed by atoms with Crippen LogP contribution in [0.4, 0.5) is 0 Å². The number of benzene rings is 10. The van der Waals surface area contributed by atoms with Gasteiger partial charge in [0.1, 0.15) is 0 Å². The summed E-state index contributed by atoms with van der Waals surface area (Å²) >= 11 is 0. The standard InChI is InChI=1S/C52H31BN/c1-3-13-34-27-36(22-21-32(34)11-1)43-30-47-51(42-18-6-5-15-39(42)43)44(31-46-40-16-7-9-19-48(40)53-52(46)47)37-24-26-50-45(29-37)41-17-8-10-20-49(41)54(50)38-25-23-33-12-2-4-14-35(33)28-38/h1-31H. The predicted octanol–water partition coefficient (Wildman–Crippen LogP) is 12.4. The molecule has 0 bridgehead atoms. The van der Waals surface area contributed by atoms with Crippen molar-refractivity contribution in [2.45, 2.75) is 0 Å². The molecule has 247 valence electrons. The van der Waals surface area contributed by atoms with Crippen LogP contribution in [0.2, 0.25) is 0 Å². The van der Waals surface area contributed by atoms with Crippen LogP contribution in [0.5, 0.6) is 0 Å². The molecule has 12 rings (SSSR count). The Hall–Kier alpha value is -6.90. The largest absolute Gasteiger partial charge is 0.309 e. The van der Waals surface area contributed by atoms with Crippen LogP contribution < -0.4 is 10.9 Å². The van der Waals surface area contributed by atoms with Gasteiger partial charge < -0.3 is 4.57 Å². The molecule has 0 saturated carbocycles. The molecule has 1 aromatic heterocycles. The van der Waals surface area contributed by atoms with Crippen LogP contribution in [0.1, 0.15) is 0 Å². The van der Waals surface area contributed by atoms with Crippen LogP contribution in [0.15, 0.2) is 188 Å². The van der Waals surface area contributed by atoms with Gasteiger partial charge in [0.2, 0.25) is 0 Å². The number of hydrogen-bond acceptors (Lipinski definition) is 0. The Morgan fingerprint density at radius 1 is 0.333 bits per heavy atom. The van der Waals surface area contributed by atoms with Crippen LogP contribution in [0, 0.1) is 0 Å². The summed E-state index contributed by atoms with van der Waals surface area (Å²) < 4.78 is 2.43. The molecule has 1 radical (unpaired) electrons. The van der Waals surface area contributed by atoms with Gasteiger partial charge in [-0.2, -0.15) is 0 Å². The van der Waals surface area contributed by atoms with Crippen molar-refractivity contribution < 1.29 is 0 Å². The van der Waals surface area contributed by atoms with Gasteiger partial charge in [0.25, 0.3) is 0 Å². The number of para-hydroxylation sites is 1. The molecular weight excluding hydrogens is 649 g/mol. The third kappa shape index (κ3) is 4.28. The Labute approximate surface area is 313 Å². The van der Waals surface area contributed by atoms with E-state index >= 15 is 0 Å². The van der Waals surface area contributed by atoms with E-state index in [1.807, 2.05) is 0 Å². The second-order valence-electron chi connectivity index (χ2n) is 14.7. The van der Waals surface area contributed by atoms with E-state index in [0.717, 1.165) is 0 Å². The van der Waals surface area contributed by atoms with E-state index in [1.165, 1.54) is 115 Å². The zero-order valence-electron chi connectivity index (χ0n) is 29.4. The molecule has 10 aromatic carbocycles. The molecule has 0 spiro atoms. The molecule has 1 aliphatic rings. The lowest BCUT2D eigenvalue weighted by molar-refractivity contribution is 1.19. The predicted molar refractivity (Wildman–Crippen MR) is 232 cm³/mol. The molecule has 0 atom stereocenters. The number of hydrogen-bond donors (Lipinski definition) is 0. The number of fused-ring (bicyclic) bond motifs is 12. The summed E-state index contributed by atoms with van der Waals surface area (Å²) in [6.45, 7) is 0. The summed E-state index contributed by atoms with van der Waals surface area (Å²) in [5.74, 6) is 0. The number of nitrogens with zero attached hydrogens (tertiary/aromatic N) is 1. The molecule has 0 N–H and O–H groups in total. The fourth-order valence-corrected chi connectivity index (χ4v) is 9.28. The first-order valence-corrected chi connectivity index (χ1v) is 18.8. The average Bonchev–Trinajstić information content (AvgIpc) is 3.78. The van der Waals surface area contributed by atoms with E-state index in [1.54, 1.807) is 0 Å². The molecule has 2 heterocycles. The quantitative estimate of drug-likeness (QED) is 0.129. The molecule has 54 heavy (non-hydrogen) atoms. The molecule has 11 aromatic rings. The number of aromatic nitrogens is 1. The highest BCUT2D eigenvalue weighted by Crippen LogP contribution is 2.44. The fraction of sp³-hybridized carbons (Fsp3) is 0. The zero-order valence-corrected chi connectivity index (χ0v) is 29.4.